The van der Waals surface area contributed by atoms with Gasteiger partial charge in [0.05, 0.1) is 0 Å². The predicted octanol–water partition coefficient (Wildman–Crippen LogP) is 2.67. The quantitative estimate of drug-likeness (QED) is 0.789. The van der Waals surface area contributed by atoms with Crippen LogP contribution >= 0.6 is 0 Å². The highest BCUT2D eigenvalue weighted by Gasteiger charge is 2.27. The Hall–Kier alpha value is -0.120. The van der Waals surface area contributed by atoms with E-state index in [4.69, 9.17) is 0 Å². The maximum absolute atomic E-state index is 2.79. The first-order chi connectivity index (χ1) is 10.3. The Morgan fingerprint density at radius 3 is 2.24 bits per heavy atom. The van der Waals surface area contributed by atoms with Crippen molar-refractivity contribution in [3.05, 3.63) is 0 Å². The Labute approximate surface area is 131 Å². The van der Waals surface area contributed by atoms with E-state index < -0.39 is 0 Å². The topological polar surface area (TPSA) is 9.72 Å². The summed E-state index contributed by atoms with van der Waals surface area (Å²) < 4.78 is 0. The molecule has 0 aromatic carbocycles. The molecule has 0 radical (unpaired) electrons. The summed E-state index contributed by atoms with van der Waals surface area (Å²) >= 11 is 0. The highest BCUT2D eigenvalue weighted by atomic mass is 15.2. The summed E-state index contributed by atoms with van der Waals surface area (Å²) in [4.78, 5) is 8.21. The third kappa shape index (κ3) is 4.43. The molecule has 21 heavy (non-hydrogen) atoms. The van der Waals surface area contributed by atoms with Crippen LogP contribution < -0.4 is 0 Å². The third-order valence-electron chi connectivity index (χ3n) is 6.03. The second-order valence-corrected chi connectivity index (χ2v) is 7.53. The average Bonchev–Trinajstić information content (AvgIpc) is 2.56. The standard InChI is InChI=1S/C18H35N3/c1-2-19-10-6-7-17(15-19)16-20-13-8-18(9-14-20)21-11-4-3-5-12-21/h17-18H,2-16H2,1H3. The fourth-order valence-electron chi connectivity index (χ4n) is 4.70. The summed E-state index contributed by atoms with van der Waals surface area (Å²) in [5, 5.41) is 0. The normalized spacial score (nSPS) is 31.6. The van der Waals surface area contributed by atoms with Gasteiger partial charge in [0, 0.05) is 19.1 Å². The Kier molecular flexibility index (Phi) is 5.96. The van der Waals surface area contributed by atoms with Crippen LogP contribution in [0.5, 0.6) is 0 Å². The molecule has 3 rings (SSSR count). The summed E-state index contributed by atoms with van der Waals surface area (Å²) in [6, 6.07) is 0.903. The summed E-state index contributed by atoms with van der Waals surface area (Å²) in [6.07, 6.45) is 10.1. The van der Waals surface area contributed by atoms with E-state index in [-0.39, 0.29) is 0 Å². The molecule has 1 unspecified atom stereocenters. The van der Waals surface area contributed by atoms with Crippen molar-refractivity contribution in [2.75, 3.05) is 52.4 Å². The van der Waals surface area contributed by atoms with Crippen molar-refractivity contribution in [2.24, 2.45) is 5.92 Å². The van der Waals surface area contributed by atoms with E-state index in [1.54, 1.807) is 0 Å². The molecule has 0 amide bonds. The van der Waals surface area contributed by atoms with E-state index in [0.29, 0.717) is 0 Å². The van der Waals surface area contributed by atoms with Gasteiger partial charge in [0.1, 0.15) is 0 Å². The largest absolute Gasteiger partial charge is 0.303 e. The van der Waals surface area contributed by atoms with Gasteiger partial charge in [-0.05, 0) is 83.7 Å². The number of hydrogen-bond donors (Lipinski definition) is 0. The number of hydrogen-bond acceptors (Lipinski definition) is 3. The molecule has 0 aromatic rings. The van der Waals surface area contributed by atoms with Gasteiger partial charge in [0.25, 0.3) is 0 Å². The second-order valence-electron chi connectivity index (χ2n) is 7.53. The molecule has 1 atom stereocenters. The van der Waals surface area contributed by atoms with E-state index in [2.05, 4.69) is 21.6 Å². The van der Waals surface area contributed by atoms with Crippen molar-refractivity contribution < 1.29 is 0 Å². The van der Waals surface area contributed by atoms with Gasteiger partial charge in [-0.15, -0.1) is 0 Å². The SMILES string of the molecule is CCN1CCCC(CN2CCC(N3CCCCC3)CC2)C1. The van der Waals surface area contributed by atoms with Crippen LogP contribution in [-0.2, 0) is 0 Å². The summed E-state index contributed by atoms with van der Waals surface area (Å²) in [7, 11) is 0. The van der Waals surface area contributed by atoms with Crippen LogP contribution in [0.4, 0.5) is 0 Å². The highest BCUT2D eigenvalue weighted by molar-refractivity contribution is 4.83. The monoisotopic (exact) mass is 293 g/mol. The van der Waals surface area contributed by atoms with E-state index in [0.717, 1.165) is 12.0 Å². The second kappa shape index (κ2) is 7.94. The minimum atomic E-state index is 0.903. The van der Waals surface area contributed by atoms with Crippen LogP contribution in [0.1, 0.15) is 51.9 Å². The molecule has 3 saturated heterocycles. The summed E-state index contributed by atoms with van der Waals surface area (Å²) in [5.74, 6) is 0.935. The molecule has 3 fully saturated rings. The molecule has 3 heteroatoms. The molecule has 3 aliphatic rings. The van der Waals surface area contributed by atoms with Crippen LogP contribution in [-0.4, -0.2) is 73.1 Å². The van der Waals surface area contributed by atoms with Gasteiger partial charge in [-0.1, -0.05) is 13.3 Å². The molecule has 0 N–H and O–H groups in total. The lowest BCUT2D eigenvalue weighted by Crippen LogP contribution is -2.48. The Balaban J connectivity index is 1.39. The molecule has 0 bridgehead atoms. The minimum absolute atomic E-state index is 0.903. The van der Waals surface area contributed by atoms with E-state index in [9.17, 15) is 0 Å². The van der Waals surface area contributed by atoms with E-state index >= 15 is 0 Å². The highest BCUT2D eigenvalue weighted by Crippen LogP contribution is 2.23. The van der Waals surface area contributed by atoms with Crippen molar-refractivity contribution in [1.82, 2.24) is 14.7 Å². The van der Waals surface area contributed by atoms with Crippen molar-refractivity contribution >= 4 is 0 Å². The smallest absolute Gasteiger partial charge is 0.0120 e. The lowest BCUT2D eigenvalue weighted by Gasteiger charge is -2.42. The molecule has 3 nitrogen and oxygen atoms in total. The Morgan fingerprint density at radius 2 is 1.52 bits per heavy atom. The summed E-state index contributed by atoms with van der Waals surface area (Å²) in [5.41, 5.74) is 0. The molecule has 0 saturated carbocycles. The number of nitrogens with zero attached hydrogens (tertiary/aromatic N) is 3. The van der Waals surface area contributed by atoms with Gasteiger partial charge in [-0.3, -0.25) is 0 Å². The zero-order chi connectivity index (χ0) is 14.5. The maximum atomic E-state index is 2.79. The first-order valence-corrected chi connectivity index (χ1v) is 9.54. The van der Waals surface area contributed by atoms with Gasteiger partial charge < -0.3 is 14.7 Å². The lowest BCUT2D eigenvalue weighted by atomic mass is 9.95. The molecule has 122 valence electrons. The molecule has 3 heterocycles. The predicted molar refractivity (Wildman–Crippen MR) is 89.7 cm³/mol. The van der Waals surface area contributed by atoms with Gasteiger partial charge in [-0.2, -0.15) is 0 Å². The van der Waals surface area contributed by atoms with Crippen molar-refractivity contribution in [1.29, 1.82) is 0 Å². The molecule has 3 aliphatic heterocycles. The maximum Gasteiger partial charge on any atom is 0.0120 e. The zero-order valence-corrected chi connectivity index (χ0v) is 14.1. The Bertz CT molecular complexity index is 293. The van der Waals surface area contributed by atoms with E-state index in [1.165, 1.54) is 97.3 Å². The van der Waals surface area contributed by atoms with Crippen molar-refractivity contribution in [3.8, 4) is 0 Å². The first-order valence-electron chi connectivity index (χ1n) is 9.54. The van der Waals surface area contributed by atoms with Gasteiger partial charge >= 0.3 is 0 Å². The van der Waals surface area contributed by atoms with Gasteiger partial charge in [0.2, 0.25) is 0 Å². The van der Waals surface area contributed by atoms with Crippen molar-refractivity contribution in [2.45, 2.75) is 57.9 Å². The first kappa shape index (κ1) is 15.8. The number of likely N-dealkylation sites (tertiary alicyclic amines) is 3. The van der Waals surface area contributed by atoms with Crippen LogP contribution in [0.25, 0.3) is 0 Å². The minimum Gasteiger partial charge on any atom is -0.303 e. The average molecular weight is 293 g/mol. The molecule has 0 spiro atoms. The fraction of sp³-hybridized carbons (Fsp3) is 1.00. The molecular formula is C18H35N3. The molecular weight excluding hydrogens is 258 g/mol. The third-order valence-corrected chi connectivity index (χ3v) is 6.03. The van der Waals surface area contributed by atoms with Gasteiger partial charge in [0.15, 0.2) is 0 Å². The van der Waals surface area contributed by atoms with Crippen LogP contribution in [0.15, 0.2) is 0 Å². The lowest BCUT2D eigenvalue weighted by molar-refractivity contribution is 0.0729. The fourth-order valence-corrected chi connectivity index (χ4v) is 4.70. The van der Waals surface area contributed by atoms with Gasteiger partial charge in [-0.25, -0.2) is 0 Å². The number of rotatable bonds is 4. The van der Waals surface area contributed by atoms with Crippen LogP contribution in [0.3, 0.4) is 0 Å². The Morgan fingerprint density at radius 1 is 0.762 bits per heavy atom. The van der Waals surface area contributed by atoms with Crippen LogP contribution in [0.2, 0.25) is 0 Å². The van der Waals surface area contributed by atoms with E-state index in [1.807, 2.05) is 0 Å². The zero-order valence-electron chi connectivity index (χ0n) is 14.1. The molecule has 0 aliphatic carbocycles. The number of piperidine rings is 3. The van der Waals surface area contributed by atoms with Crippen LogP contribution in [0, 0.1) is 5.92 Å². The molecule has 0 aromatic heterocycles. The summed E-state index contributed by atoms with van der Waals surface area (Å²) in [6.45, 7) is 13.1. The van der Waals surface area contributed by atoms with Crippen molar-refractivity contribution in [3.63, 3.8) is 0 Å².